The lowest BCUT2D eigenvalue weighted by molar-refractivity contribution is 0.0402. The van der Waals surface area contributed by atoms with Gasteiger partial charge in [-0.1, -0.05) is 0 Å². The lowest BCUT2D eigenvalue weighted by Gasteiger charge is -2.22. The predicted octanol–water partition coefficient (Wildman–Crippen LogP) is 3.47. The lowest BCUT2D eigenvalue weighted by atomic mass is 10.2. The first-order valence-corrected chi connectivity index (χ1v) is 5.41. The zero-order chi connectivity index (χ0) is 12.5. The van der Waals surface area contributed by atoms with Gasteiger partial charge >= 0.3 is 6.09 Å². The Morgan fingerprint density at radius 3 is 2.71 bits per heavy atom. The molecular weight excluding hydrogens is 218 g/mol. The van der Waals surface area contributed by atoms with Crippen molar-refractivity contribution in [2.45, 2.75) is 26.4 Å². The topological polar surface area (TPSA) is 42.7 Å². The highest BCUT2D eigenvalue weighted by Crippen LogP contribution is 2.19. The first kappa shape index (κ1) is 11.5. The number of hydrogen-bond acceptors (Lipinski definition) is 3. The summed E-state index contributed by atoms with van der Waals surface area (Å²) in [6.07, 6.45) is 8.03. The first-order valence-electron chi connectivity index (χ1n) is 5.41. The molecule has 1 aliphatic rings. The molecule has 0 saturated carbocycles. The zero-order valence-corrected chi connectivity index (χ0v) is 10.1. The third-order valence-corrected chi connectivity index (χ3v) is 2.13. The number of ether oxygens (including phenoxy) is 1. The number of amides is 1. The fraction of sp³-hybridized carbons (Fsp3) is 0.308. The molecule has 0 N–H and O–H groups in total. The lowest BCUT2D eigenvalue weighted by Crippen LogP contribution is -2.30. The van der Waals surface area contributed by atoms with Crippen molar-refractivity contribution < 1.29 is 13.9 Å². The van der Waals surface area contributed by atoms with E-state index in [0.717, 1.165) is 11.3 Å². The summed E-state index contributed by atoms with van der Waals surface area (Å²) < 4.78 is 10.5. The minimum absolute atomic E-state index is 0.407. The summed E-state index contributed by atoms with van der Waals surface area (Å²) in [6.45, 7) is 5.50. The second-order valence-electron chi connectivity index (χ2n) is 4.76. The van der Waals surface area contributed by atoms with Gasteiger partial charge < -0.3 is 9.15 Å². The van der Waals surface area contributed by atoms with Gasteiger partial charge in [0.05, 0.1) is 6.26 Å². The Kier molecular flexibility index (Phi) is 2.79. The Balaban J connectivity index is 2.13. The van der Waals surface area contributed by atoms with E-state index in [1.54, 1.807) is 24.7 Å². The second kappa shape index (κ2) is 4.13. The highest BCUT2D eigenvalue weighted by Gasteiger charge is 2.20. The number of carbonyl (C=O) groups is 1. The molecule has 4 nitrogen and oxygen atoms in total. The molecule has 2 heterocycles. The number of rotatable bonds is 0. The van der Waals surface area contributed by atoms with Gasteiger partial charge in [0.1, 0.15) is 11.4 Å². The molecule has 0 unspecified atom stereocenters. The highest BCUT2D eigenvalue weighted by atomic mass is 16.6. The number of furan rings is 1. The summed E-state index contributed by atoms with van der Waals surface area (Å²) in [5, 5.41) is 0. The summed E-state index contributed by atoms with van der Waals surface area (Å²) in [5.74, 6) is 0.729. The zero-order valence-electron chi connectivity index (χ0n) is 10.1. The van der Waals surface area contributed by atoms with Crippen molar-refractivity contribution in [2.75, 3.05) is 0 Å². The van der Waals surface area contributed by atoms with E-state index in [-0.39, 0.29) is 0 Å². The van der Waals surface area contributed by atoms with Gasteiger partial charge in [0, 0.05) is 18.0 Å². The molecule has 4 heteroatoms. The van der Waals surface area contributed by atoms with E-state index >= 15 is 0 Å². The fourth-order valence-electron chi connectivity index (χ4n) is 1.40. The van der Waals surface area contributed by atoms with Gasteiger partial charge in [0.2, 0.25) is 0 Å². The van der Waals surface area contributed by atoms with Crippen LogP contribution in [-0.2, 0) is 4.74 Å². The molecule has 1 aromatic heterocycles. The molecule has 0 aromatic carbocycles. The highest BCUT2D eigenvalue weighted by molar-refractivity contribution is 5.75. The predicted molar refractivity (Wildman–Crippen MR) is 64.8 cm³/mol. The van der Waals surface area contributed by atoms with Crippen LogP contribution in [0.1, 0.15) is 32.1 Å². The van der Waals surface area contributed by atoms with Crippen molar-refractivity contribution in [3.63, 3.8) is 0 Å². The largest absolute Gasteiger partial charge is 0.464 e. The van der Waals surface area contributed by atoms with Crippen LogP contribution in [0.4, 0.5) is 4.79 Å². The molecule has 1 aliphatic heterocycles. The van der Waals surface area contributed by atoms with E-state index in [4.69, 9.17) is 9.15 Å². The van der Waals surface area contributed by atoms with Gasteiger partial charge in [0.15, 0.2) is 0 Å². The number of nitrogens with zero attached hydrogens (tertiary/aromatic N) is 1. The van der Waals surface area contributed by atoms with Crippen molar-refractivity contribution in [2.24, 2.45) is 0 Å². The molecule has 90 valence electrons. The average Bonchev–Trinajstić information content (AvgIpc) is 2.54. The Bertz CT molecular complexity index is 449. The third-order valence-electron chi connectivity index (χ3n) is 2.13. The van der Waals surface area contributed by atoms with Gasteiger partial charge in [-0.15, -0.1) is 0 Å². The maximum Gasteiger partial charge on any atom is 0.418 e. The normalized spacial score (nSPS) is 14.4. The van der Waals surface area contributed by atoms with Crippen molar-refractivity contribution in [1.29, 1.82) is 0 Å². The van der Waals surface area contributed by atoms with Gasteiger partial charge in [-0.2, -0.15) is 0 Å². The van der Waals surface area contributed by atoms with Crippen molar-refractivity contribution in [3.05, 3.63) is 36.1 Å². The number of carbonyl (C=O) groups excluding carboxylic acids is 1. The van der Waals surface area contributed by atoms with Crippen LogP contribution in [0, 0.1) is 0 Å². The molecule has 2 rings (SSSR count). The van der Waals surface area contributed by atoms with Crippen LogP contribution < -0.4 is 0 Å². The van der Waals surface area contributed by atoms with Crippen LogP contribution in [0.2, 0.25) is 0 Å². The molecule has 0 fully saturated rings. The molecule has 0 aliphatic carbocycles. The molecule has 0 atom stereocenters. The van der Waals surface area contributed by atoms with Crippen LogP contribution in [0.3, 0.4) is 0 Å². The summed E-state index contributed by atoms with van der Waals surface area (Å²) in [4.78, 5) is 13.2. The minimum Gasteiger partial charge on any atom is -0.464 e. The molecule has 1 amide bonds. The minimum atomic E-state index is -0.502. The molecule has 0 spiro atoms. The first-order chi connectivity index (χ1) is 7.96. The van der Waals surface area contributed by atoms with Crippen molar-refractivity contribution >= 4 is 18.2 Å². The van der Waals surface area contributed by atoms with Crippen LogP contribution in [0.5, 0.6) is 0 Å². The summed E-state index contributed by atoms with van der Waals surface area (Å²) >= 11 is 0. The Morgan fingerprint density at radius 1 is 1.29 bits per heavy atom. The molecule has 17 heavy (non-hydrogen) atoms. The Hall–Kier alpha value is -1.97. The Morgan fingerprint density at radius 2 is 2.00 bits per heavy atom. The number of hydrogen-bond donors (Lipinski definition) is 0. The van der Waals surface area contributed by atoms with Crippen molar-refractivity contribution in [1.82, 2.24) is 4.90 Å². The monoisotopic (exact) mass is 233 g/mol. The van der Waals surface area contributed by atoms with Gasteiger partial charge in [-0.25, -0.2) is 4.79 Å². The van der Waals surface area contributed by atoms with Crippen LogP contribution in [0.15, 0.2) is 29.1 Å². The van der Waals surface area contributed by atoms with Crippen LogP contribution in [-0.4, -0.2) is 16.6 Å². The maximum absolute atomic E-state index is 11.8. The van der Waals surface area contributed by atoms with Gasteiger partial charge in [0.25, 0.3) is 0 Å². The van der Waals surface area contributed by atoms with E-state index in [0.29, 0.717) is 0 Å². The third kappa shape index (κ3) is 2.78. The molecule has 1 aromatic rings. The molecule has 0 radical (unpaired) electrons. The second-order valence-corrected chi connectivity index (χ2v) is 4.76. The Labute approximate surface area is 100 Å². The van der Waals surface area contributed by atoms with E-state index in [2.05, 4.69) is 0 Å². The molecular formula is C13H15NO3. The fourth-order valence-corrected chi connectivity index (χ4v) is 1.40. The summed E-state index contributed by atoms with van der Waals surface area (Å²) in [7, 11) is 0. The van der Waals surface area contributed by atoms with E-state index in [1.165, 1.54) is 4.90 Å². The summed E-state index contributed by atoms with van der Waals surface area (Å²) in [5.41, 5.74) is 0.435. The average molecular weight is 233 g/mol. The van der Waals surface area contributed by atoms with E-state index < -0.39 is 11.7 Å². The standard InChI is InChI=1S/C13H15NO3/c1-13(2,3)17-12(15)14-7-4-10-6-9-16-11(10)5-8-14/h4-9H,1-3H3. The molecule has 0 saturated heterocycles. The van der Waals surface area contributed by atoms with E-state index in [1.807, 2.05) is 32.9 Å². The SMILES string of the molecule is CC(C)(C)OC(=O)N1C=Cc2ccoc2C=C1. The van der Waals surface area contributed by atoms with Crippen LogP contribution >= 0.6 is 0 Å². The van der Waals surface area contributed by atoms with E-state index in [9.17, 15) is 4.79 Å². The van der Waals surface area contributed by atoms with Crippen LogP contribution in [0.25, 0.3) is 12.2 Å². The summed E-state index contributed by atoms with van der Waals surface area (Å²) in [6, 6.07) is 1.84. The molecule has 0 bridgehead atoms. The maximum atomic E-state index is 11.8. The van der Waals surface area contributed by atoms with Gasteiger partial charge in [-0.3, -0.25) is 4.90 Å². The van der Waals surface area contributed by atoms with Gasteiger partial charge in [-0.05, 0) is 39.0 Å². The number of fused-ring (bicyclic) bond motifs is 1. The quantitative estimate of drug-likeness (QED) is 0.689. The van der Waals surface area contributed by atoms with Crippen molar-refractivity contribution in [3.8, 4) is 0 Å². The smallest absolute Gasteiger partial charge is 0.418 e.